The van der Waals surface area contributed by atoms with E-state index in [2.05, 4.69) is 10.2 Å². The van der Waals surface area contributed by atoms with Crippen molar-refractivity contribution in [3.05, 3.63) is 47.3 Å². The molecule has 1 aliphatic rings. The summed E-state index contributed by atoms with van der Waals surface area (Å²) in [6, 6.07) is 13.5. The van der Waals surface area contributed by atoms with Crippen molar-refractivity contribution in [2.45, 2.75) is 30.0 Å². The summed E-state index contributed by atoms with van der Waals surface area (Å²) in [5.41, 5.74) is 1.01. The molecule has 2 heterocycles. The smallest absolute Gasteiger partial charge is 0.198 e. The van der Waals surface area contributed by atoms with Gasteiger partial charge in [0.25, 0.3) is 0 Å². The summed E-state index contributed by atoms with van der Waals surface area (Å²) in [7, 11) is -3.15. The number of guanidine groups is 1. The molecule has 0 bridgehead atoms. The van der Waals surface area contributed by atoms with E-state index in [4.69, 9.17) is 4.99 Å². The highest BCUT2D eigenvalue weighted by atomic mass is 32.2. The Labute approximate surface area is 153 Å². The Bertz CT molecular complexity index is 823. The first-order chi connectivity index (χ1) is 12.0. The van der Waals surface area contributed by atoms with E-state index in [0.29, 0.717) is 10.8 Å². The van der Waals surface area contributed by atoms with Crippen LogP contribution in [0.1, 0.15) is 24.1 Å². The Kier molecular flexibility index (Phi) is 5.75. The van der Waals surface area contributed by atoms with Gasteiger partial charge in [0.05, 0.1) is 6.54 Å². The number of aliphatic imine (C=N–C) groups is 1. The van der Waals surface area contributed by atoms with Crippen LogP contribution in [0.2, 0.25) is 0 Å². The standard InChI is InChI=1S/C18H23N3O2S2/c1-25(22,23)17-11-10-16(24-17)14-19-18(21-12-6-3-7-13-21)20-15-8-4-2-5-9-15/h2,4-5,8-11H,3,6-7,12-14H2,1H3,(H,19,20). The third-order valence-electron chi connectivity index (χ3n) is 4.07. The molecular formula is C18H23N3O2S2. The molecule has 0 amide bonds. The van der Waals surface area contributed by atoms with E-state index < -0.39 is 9.84 Å². The van der Waals surface area contributed by atoms with Gasteiger partial charge in [-0.15, -0.1) is 11.3 Å². The van der Waals surface area contributed by atoms with Crippen LogP contribution in [0.3, 0.4) is 0 Å². The summed E-state index contributed by atoms with van der Waals surface area (Å²) in [6.07, 6.45) is 4.85. The van der Waals surface area contributed by atoms with Crippen molar-refractivity contribution in [2.24, 2.45) is 4.99 Å². The highest BCUT2D eigenvalue weighted by molar-refractivity contribution is 7.92. The van der Waals surface area contributed by atoms with Gasteiger partial charge in [0.2, 0.25) is 0 Å². The van der Waals surface area contributed by atoms with Crippen LogP contribution in [0.15, 0.2) is 51.7 Å². The number of sulfone groups is 1. The fourth-order valence-electron chi connectivity index (χ4n) is 2.77. The molecule has 1 aromatic carbocycles. The van der Waals surface area contributed by atoms with E-state index in [9.17, 15) is 8.42 Å². The lowest BCUT2D eigenvalue weighted by molar-refractivity contribution is 0.340. The van der Waals surface area contributed by atoms with Gasteiger partial charge >= 0.3 is 0 Å². The zero-order valence-electron chi connectivity index (χ0n) is 14.3. The minimum absolute atomic E-state index is 0.397. The van der Waals surface area contributed by atoms with Crippen LogP contribution in [0.4, 0.5) is 5.69 Å². The molecule has 1 N–H and O–H groups in total. The molecule has 0 unspecified atom stereocenters. The summed E-state index contributed by atoms with van der Waals surface area (Å²) >= 11 is 1.29. The molecule has 25 heavy (non-hydrogen) atoms. The van der Waals surface area contributed by atoms with E-state index in [1.54, 1.807) is 6.07 Å². The third kappa shape index (κ3) is 5.06. The Morgan fingerprint density at radius 2 is 1.84 bits per heavy atom. The summed E-state index contributed by atoms with van der Waals surface area (Å²) in [5.74, 6) is 0.861. The van der Waals surface area contributed by atoms with Gasteiger partial charge in [-0.3, -0.25) is 0 Å². The number of benzene rings is 1. The van der Waals surface area contributed by atoms with Crippen LogP contribution in [-0.2, 0) is 16.4 Å². The van der Waals surface area contributed by atoms with Gasteiger partial charge in [-0.05, 0) is 43.5 Å². The second-order valence-electron chi connectivity index (χ2n) is 6.17. The molecule has 2 aromatic rings. The second-order valence-corrected chi connectivity index (χ2v) is 9.58. The maximum Gasteiger partial charge on any atom is 0.198 e. The van der Waals surface area contributed by atoms with Crippen molar-refractivity contribution in [3.8, 4) is 0 Å². The normalized spacial score (nSPS) is 16.0. The molecule has 0 saturated carbocycles. The predicted octanol–water partition coefficient (Wildman–Crippen LogP) is 3.61. The maximum atomic E-state index is 11.6. The highest BCUT2D eigenvalue weighted by Crippen LogP contribution is 2.22. The fourth-order valence-corrected chi connectivity index (χ4v) is 4.67. The van der Waals surface area contributed by atoms with E-state index in [1.807, 2.05) is 36.4 Å². The average Bonchev–Trinajstić information content (AvgIpc) is 3.10. The molecule has 1 saturated heterocycles. The van der Waals surface area contributed by atoms with Gasteiger partial charge in [-0.1, -0.05) is 18.2 Å². The molecule has 134 valence electrons. The first-order valence-electron chi connectivity index (χ1n) is 8.42. The van der Waals surface area contributed by atoms with E-state index >= 15 is 0 Å². The van der Waals surface area contributed by atoms with Crippen LogP contribution in [0, 0.1) is 0 Å². The quantitative estimate of drug-likeness (QED) is 0.653. The Morgan fingerprint density at radius 3 is 2.48 bits per heavy atom. The highest BCUT2D eigenvalue weighted by Gasteiger charge is 2.16. The van der Waals surface area contributed by atoms with Crippen LogP contribution in [0.25, 0.3) is 0 Å². The second kappa shape index (κ2) is 8.01. The van der Waals surface area contributed by atoms with Gasteiger partial charge in [-0.25, -0.2) is 13.4 Å². The van der Waals surface area contributed by atoms with Crippen LogP contribution in [-0.4, -0.2) is 38.6 Å². The molecule has 5 nitrogen and oxygen atoms in total. The van der Waals surface area contributed by atoms with Crippen LogP contribution in [0.5, 0.6) is 0 Å². The number of nitrogens with zero attached hydrogens (tertiary/aromatic N) is 2. The number of piperidine rings is 1. The number of likely N-dealkylation sites (tertiary alicyclic amines) is 1. The van der Waals surface area contributed by atoms with E-state index in [-0.39, 0.29) is 0 Å². The largest absolute Gasteiger partial charge is 0.343 e. The van der Waals surface area contributed by atoms with Crippen molar-refractivity contribution >= 4 is 32.8 Å². The topological polar surface area (TPSA) is 61.8 Å². The molecule has 1 aliphatic heterocycles. The summed E-state index contributed by atoms with van der Waals surface area (Å²) < 4.78 is 23.7. The number of hydrogen-bond acceptors (Lipinski definition) is 4. The SMILES string of the molecule is CS(=O)(=O)c1ccc(CN=C(Nc2ccccc2)N2CCCCC2)s1. The lowest BCUT2D eigenvalue weighted by Crippen LogP contribution is -2.40. The van der Waals surface area contributed by atoms with Crippen molar-refractivity contribution < 1.29 is 8.42 Å². The minimum Gasteiger partial charge on any atom is -0.343 e. The summed E-state index contributed by atoms with van der Waals surface area (Å²) in [6.45, 7) is 2.47. The van der Waals surface area contributed by atoms with Crippen molar-refractivity contribution in [3.63, 3.8) is 0 Å². The van der Waals surface area contributed by atoms with Gasteiger partial charge in [-0.2, -0.15) is 0 Å². The number of para-hydroxylation sites is 1. The molecular weight excluding hydrogens is 354 g/mol. The molecule has 1 fully saturated rings. The molecule has 0 spiro atoms. The zero-order chi connectivity index (χ0) is 17.7. The number of rotatable bonds is 4. The maximum absolute atomic E-state index is 11.6. The monoisotopic (exact) mass is 377 g/mol. The van der Waals surface area contributed by atoms with Crippen molar-refractivity contribution in [1.82, 2.24) is 4.90 Å². The summed E-state index contributed by atoms with van der Waals surface area (Å²) in [5, 5.41) is 3.42. The van der Waals surface area contributed by atoms with Crippen LogP contribution >= 0.6 is 11.3 Å². The van der Waals surface area contributed by atoms with E-state index in [1.165, 1.54) is 36.9 Å². The molecule has 3 rings (SSSR count). The Morgan fingerprint density at radius 1 is 1.12 bits per heavy atom. The van der Waals surface area contributed by atoms with E-state index in [0.717, 1.165) is 29.6 Å². The van der Waals surface area contributed by atoms with Crippen LogP contribution < -0.4 is 5.32 Å². The molecule has 7 heteroatoms. The Hall–Kier alpha value is -1.86. The predicted molar refractivity (Wildman–Crippen MR) is 104 cm³/mol. The summed E-state index contributed by atoms with van der Waals surface area (Å²) in [4.78, 5) is 7.98. The van der Waals surface area contributed by atoms with Gasteiger partial charge < -0.3 is 10.2 Å². The number of thiophene rings is 1. The lowest BCUT2D eigenvalue weighted by Gasteiger charge is -2.30. The van der Waals surface area contributed by atoms with Crippen molar-refractivity contribution in [2.75, 3.05) is 24.7 Å². The molecule has 0 aliphatic carbocycles. The zero-order valence-corrected chi connectivity index (χ0v) is 15.9. The number of hydrogen-bond donors (Lipinski definition) is 1. The van der Waals surface area contributed by atoms with Crippen molar-refractivity contribution in [1.29, 1.82) is 0 Å². The third-order valence-corrected chi connectivity index (χ3v) is 6.96. The lowest BCUT2D eigenvalue weighted by atomic mass is 10.1. The average molecular weight is 378 g/mol. The van der Waals surface area contributed by atoms with Gasteiger partial charge in [0.1, 0.15) is 4.21 Å². The van der Waals surface area contributed by atoms with Gasteiger partial charge in [0, 0.05) is 29.9 Å². The fraction of sp³-hybridized carbons (Fsp3) is 0.389. The minimum atomic E-state index is -3.15. The Balaban J connectivity index is 1.78. The van der Waals surface area contributed by atoms with Gasteiger partial charge in [0.15, 0.2) is 15.8 Å². The molecule has 0 radical (unpaired) electrons. The molecule has 1 aromatic heterocycles. The number of anilines is 1. The number of nitrogens with one attached hydrogen (secondary N) is 1. The first-order valence-corrected chi connectivity index (χ1v) is 11.1. The first kappa shape index (κ1) is 17.9. The molecule has 0 atom stereocenters.